The number of sulfonamides is 1. The van der Waals surface area contributed by atoms with Crippen molar-refractivity contribution >= 4 is 21.4 Å². The highest BCUT2D eigenvalue weighted by molar-refractivity contribution is 7.91. The zero-order valence-corrected chi connectivity index (χ0v) is 13.7. The molecule has 1 rings (SSSR count). The van der Waals surface area contributed by atoms with Crippen LogP contribution >= 0.6 is 11.3 Å². The largest absolute Gasteiger partial charge is 0.402 e. The highest BCUT2D eigenvalue weighted by Crippen LogP contribution is 2.29. The summed E-state index contributed by atoms with van der Waals surface area (Å²) in [4.78, 5) is 0.770. The van der Waals surface area contributed by atoms with Crippen molar-refractivity contribution in [2.75, 3.05) is 13.1 Å². The Balaban J connectivity index is 3.03. The maximum absolute atomic E-state index is 12.6. The Labute approximate surface area is 127 Å². The molecule has 0 saturated heterocycles. The van der Waals surface area contributed by atoms with Gasteiger partial charge in [0.15, 0.2) is 0 Å². The van der Waals surface area contributed by atoms with Crippen molar-refractivity contribution in [3.8, 4) is 0 Å². The maximum Gasteiger partial charge on any atom is 0.402 e. The van der Waals surface area contributed by atoms with Crippen molar-refractivity contribution in [2.45, 2.75) is 43.7 Å². The van der Waals surface area contributed by atoms with E-state index in [0.717, 1.165) is 22.8 Å². The van der Waals surface area contributed by atoms with Crippen LogP contribution in [0.5, 0.6) is 0 Å². The molecule has 0 spiro atoms. The quantitative estimate of drug-likeness (QED) is 0.827. The summed E-state index contributed by atoms with van der Waals surface area (Å²) in [6.07, 6.45) is -4.57. The summed E-state index contributed by atoms with van der Waals surface area (Å²) in [6.45, 7) is 4.51. The van der Waals surface area contributed by atoms with E-state index >= 15 is 0 Å². The van der Waals surface area contributed by atoms with Gasteiger partial charge in [0.2, 0.25) is 0 Å². The van der Waals surface area contributed by atoms with Crippen LogP contribution in [0.1, 0.15) is 25.6 Å². The van der Waals surface area contributed by atoms with Crippen molar-refractivity contribution in [3.05, 3.63) is 17.0 Å². The van der Waals surface area contributed by atoms with E-state index in [1.165, 1.54) is 19.9 Å². The number of rotatable bonds is 7. The van der Waals surface area contributed by atoms with Gasteiger partial charge in [-0.25, -0.2) is 8.42 Å². The van der Waals surface area contributed by atoms with Crippen molar-refractivity contribution < 1.29 is 21.6 Å². The maximum atomic E-state index is 12.6. The highest BCUT2D eigenvalue weighted by atomic mass is 32.2. The summed E-state index contributed by atoms with van der Waals surface area (Å²) in [6, 6.07) is 2.21. The summed E-state index contributed by atoms with van der Waals surface area (Å²) < 4.78 is 62.8. The molecule has 0 aromatic carbocycles. The van der Waals surface area contributed by atoms with Gasteiger partial charge >= 0.3 is 6.18 Å². The first-order valence-electron chi connectivity index (χ1n) is 6.46. The molecule has 0 fully saturated rings. The summed E-state index contributed by atoms with van der Waals surface area (Å²) >= 11 is 0.992. The summed E-state index contributed by atoms with van der Waals surface area (Å²) in [5.41, 5.74) is 0. The molecule has 1 aromatic rings. The number of thiophene rings is 1. The van der Waals surface area contributed by atoms with Crippen LogP contribution in [0, 0.1) is 0 Å². The van der Waals surface area contributed by atoms with Crippen molar-refractivity contribution in [2.24, 2.45) is 0 Å². The molecule has 21 heavy (non-hydrogen) atoms. The smallest absolute Gasteiger partial charge is 0.312 e. The van der Waals surface area contributed by atoms with E-state index in [4.69, 9.17) is 0 Å². The van der Waals surface area contributed by atoms with Gasteiger partial charge in [-0.05, 0) is 32.5 Å². The zero-order valence-electron chi connectivity index (χ0n) is 12.1. The third-order valence-corrected chi connectivity index (χ3v) is 6.23. The topological polar surface area (TPSA) is 49.4 Å². The lowest BCUT2D eigenvalue weighted by Gasteiger charge is -2.26. The standard InChI is InChI=1S/C12H19F3N2O2S2/c1-4-16-7-10-5-6-11(20-10)21(18,19)17(9(2)3)8-12(13,14)15/h5-6,9,16H,4,7-8H2,1-3H3. The van der Waals surface area contributed by atoms with Gasteiger partial charge in [-0.15, -0.1) is 11.3 Å². The van der Waals surface area contributed by atoms with Crippen LogP contribution in [0.2, 0.25) is 0 Å². The fourth-order valence-corrected chi connectivity index (χ4v) is 4.75. The van der Waals surface area contributed by atoms with Crippen LogP contribution in [0.4, 0.5) is 13.2 Å². The van der Waals surface area contributed by atoms with Crippen LogP contribution < -0.4 is 5.32 Å². The normalized spacial score (nSPS) is 13.3. The van der Waals surface area contributed by atoms with Gasteiger partial charge in [0.05, 0.1) is 0 Å². The number of alkyl halides is 3. The summed E-state index contributed by atoms with van der Waals surface area (Å²) in [5.74, 6) is 0. The second kappa shape index (κ2) is 7.08. The van der Waals surface area contributed by atoms with Crippen molar-refractivity contribution in [1.29, 1.82) is 0 Å². The monoisotopic (exact) mass is 344 g/mol. The number of nitrogens with zero attached hydrogens (tertiary/aromatic N) is 1. The molecule has 4 nitrogen and oxygen atoms in total. The molecular formula is C12H19F3N2O2S2. The molecule has 122 valence electrons. The first-order chi connectivity index (χ1) is 9.58. The van der Waals surface area contributed by atoms with Gasteiger partial charge in [-0.3, -0.25) is 0 Å². The Bertz CT molecular complexity index is 553. The second-order valence-electron chi connectivity index (χ2n) is 4.76. The van der Waals surface area contributed by atoms with E-state index in [9.17, 15) is 21.6 Å². The fraction of sp³-hybridized carbons (Fsp3) is 0.667. The van der Waals surface area contributed by atoms with Gasteiger partial charge in [0.25, 0.3) is 10.0 Å². The molecule has 1 N–H and O–H groups in total. The molecule has 0 aliphatic carbocycles. The summed E-state index contributed by atoms with van der Waals surface area (Å²) in [5, 5.41) is 3.04. The van der Waals surface area contributed by atoms with Crippen molar-refractivity contribution in [3.63, 3.8) is 0 Å². The Morgan fingerprint density at radius 1 is 1.33 bits per heavy atom. The van der Waals surface area contributed by atoms with E-state index in [0.29, 0.717) is 10.8 Å². The number of nitrogens with one attached hydrogen (secondary N) is 1. The first kappa shape index (κ1) is 18.4. The predicted molar refractivity (Wildman–Crippen MR) is 76.8 cm³/mol. The summed E-state index contributed by atoms with van der Waals surface area (Å²) in [7, 11) is -4.13. The first-order valence-corrected chi connectivity index (χ1v) is 8.71. The average Bonchev–Trinajstić information content (AvgIpc) is 2.81. The van der Waals surface area contributed by atoms with E-state index in [1.807, 2.05) is 6.92 Å². The molecule has 0 aliphatic rings. The molecule has 9 heteroatoms. The number of halogens is 3. The second-order valence-corrected chi connectivity index (χ2v) is 8.05. The predicted octanol–water partition coefficient (Wildman–Crippen LogP) is 2.82. The van der Waals surface area contributed by atoms with Crippen LogP contribution in [0.3, 0.4) is 0 Å². The average molecular weight is 344 g/mol. The molecular weight excluding hydrogens is 325 g/mol. The van der Waals surface area contributed by atoms with Crippen LogP contribution in [-0.2, 0) is 16.6 Å². The molecule has 0 unspecified atom stereocenters. The van der Waals surface area contributed by atoms with Crippen LogP contribution in [0.15, 0.2) is 16.3 Å². The minimum atomic E-state index is -4.57. The van der Waals surface area contributed by atoms with E-state index < -0.39 is 28.8 Å². The molecule has 0 aliphatic heterocycles. The molecule has 1 aromatic heterocycles. The number of hydrogen-bond donors (Lipinski definition) is 1. The van der Waals surface area contributed by atoms with E-state index in [2.05, 4.69) is 5.32 Å². The van der Waals surface area contributed by atoms with Gasteiger partial charge < -0.3 is 5.32 Å². The van der Waals surface area contributed by atoms with E-state index in [-0.39, 0.29) is 4.21 Å². The Hall–Kier alpha value is -0.640. The van der Waals surface area contributed by atoms with Gasteiger partial charge in [0, 0.05) is 17.5 Å². The van der Waals surface area contributed by atoms with Gasteiger partial charge in [-0.1, -0.05) is 6.92 Å². The lowest BCUT2D eigenvalue weighted by atomic mass is 10.4. The Kier molecular flexibility index (Phi) is 6.21. The van der Waals surface area contributed by atoms with Gasteiger partial charge in [-0.2, -0.15) is 17.5 Å². The minimum Gasteiger partial charge on any atom is -0.312 e. The Morgan fingerprint density at radius 3 is 2.43 bits per heavy atom. The van der Waals surface area contributed by atoms with E-state index in [1.54, 1.807) is 6.07 Å². The third kappa shape index (κ3) is 5.24. The van der Waals surface area contributed by atoms with Crippen molar-refractivity contribution in [1.82, 2.24) is 9.62 Å². The van der Waals surface area contributed by atoms with Crippen LogP contribution in [-0.4, -0.2) is 38.0 Å². The Morgan fingerprint density at radius 2 is 1.95 bits per heavy atom. The zero-order chi connectivity index (χ0) is 16.3. The number of hydrogen-bond acceptors (Lipinski definition) is 4. The molecule has 0 bridgehead atoms. The molecule has 1 heterocycles. The SMILES string of the molecule is CCNCc1ccc(S(=O)(=O)N(CC(F)(F)F)C(C)C)s1. The third-order valence-electron chi connectivity index (χ3n) is 2.66. The lowest BCUT2D eigenvalue weighted by molar-refractivity contribution is -0.138. The lowest BCUT2D eigenvalue weighted by Crippen LogP contribution is -2.42. The van der Waals surface area contributed by atoms with Gasteiger partial charge in [0.1, 0.15) is 10.8 Å². The fourth-order valence-electron chi connectivity index (χ4n) is 1.68. The molecule has 0 atom stereocenters. The molecule has 0 amide bonds. The molecule has 0 radical (unpaired) electrons. The van der Waals surface area contributed by atoms with Crippen LogP contribution in [0.25, 0.3) is 0 Å². The highest BCUT2D eigenvalue weighted by Gasteiger charge is 2.39. The minimum absolute atomic E-state index is 0.0617. The molecule has 0 saturated carbocycles.